The zero-order valence-electron chi connectivity index (χ0n) is 14.3. The molecule has 0 aliphatic carbocycles. The number of methoxy groups -OCH3 is 1. The Labute approximate surface area is 134 Å². The van der Waals surface area contributed by atoms with Crippen LogP contribution in [-0.2, 0) is 11.2 Å². The lowest BCUT2D eigenvalue weighted by Crippen LogP contribution is -2.26. The van der Waals surface area contributed by atoms with E-state index in [-0.39, 0.29) is 5.91 Å². The van der Waals surface area contributed by atoms with Crippen LogP contribution in [0, 0.1) is 5.92 Å². The second-order valence-electron chi connectivity index (χ2n) is 5.89. The number of hydrogen-bond acceptors (Lipinski definition) is 3. The van der Waals surface area contributed by atoms with Crippen LogP contribution in [0.2, 0.25) is 0 Å². The molecule has 0 saturated heterocycles. The molecule has 22 heavy (non-hydrogen) atoms. The molecule has 0 radical (unpaired) electrons. The minimum atomic E-state index is 0.112. The molecule has 1 aromatic rings. The summed E-state index contributed by atoms with van der Waals surface area (Å²) in [6, 6.07) is 5.95. The molecule has 4 nitrogen and oxygen atoms in total. The normalized spacial score (nSPS) is 10.6. The average Bonchev–Trinajstić information content (AvgIpc) is 2.47. The van der Waals surface area contributed by atoms with Crippen molar-refractivity contribution < 1.29 is 14.3 Å². The Balaban J connectivity index is 2.49. The molecule has 1 aromatic carbocycles. The molecule has 0 aromatic heterocycles. The topological polar surface area (TPSA) is 47.6 Å². The van der Waals surface area contributed by atoms with Crippen LogP contribution in [0.25, 0.3) is 0 Å². The molecule has 0 atom stereocenters. The largest absolute Gasteiger partial charge is 0.493 e. The Bertz CT molecular complexity index is 458. The van der Waals surface area contributed by atoms with Gasteiger partial charge < -0.3 is 14.8 Å². The van der Waals surface area contributed by atoms with Crippen molar-refractivity contribution in [1.29, 1.82) is 0 Å². The Morgan fingerprint density at radius 2 is 2.05 bits per heavy atom. The maximum absolute atomic E-state index is 11.6. The number of hydrogen-bond donors (Lipinski definition) is 1. The summed E-state index contributed by atoms with van der Waals surface area (Å²) >= 11 is 0. The molecule has 0 unspecified atom stereocenters. The first-order chi connectivity index (χ1) is 10.6. The summed E-state index contributed by atoms with van der Waals surface area (Å²) in [5, 5.41) is 2.95. The smallest absolute Gasteiger partial charge is 0.220 e. The second kappa shape index (κ2) is 10.1. The third-order valence-corrected chi connectivity index (χ3v) is 3.31. The number of ether oxygens (including phenoxy) is 2. The molecule has 4 heteroatoms. The fourth-order valence-electron chi connectivity index (χ4n) is 2.10. The lowest BCUT2D eigenvalue weighted by Gasteiger charge is -2.12. The van der Waals surface area contributed by atoms with Gasteiger partial charge in [-0.25, -0.2) is 0 Å². The molecule has 124 valence electrons. The van der Waals surface area contributed by atoms with Crippen LogP contribution in [-0.4, -0.2) is 26.2 Å². The van der Waals surface area contributed by atoms with Crippen LogP contribution in [0.4, 0.5) is 0 Å². The standard InChI is InChI=1S/C18H29NO3/c1-5-6-11-22-16-8-7-15(13-17(16)21-4)9-10-19-18(20)12-14(2)3/h7-8,13-14H,5-6,9-12H2,1-4H3,(H,19,20). The van der Waals surface area contributed by atoms with Gasteiger partial charge in [0.1, 0.15) is 0 Å². The molecule has 0 spiro atoms. The van der Waals surface area contributed by atoms with Crippen molar-refractivity contribution in [2.24, 2.45) is 5.92 Å². The van der Waals surface area contributed by atoms with Crippen molar-refractivity contribution in [3.8, 4) is 11.5 Å². The van der Waals surface area contributed by atoms with Crippen molar-refractivity contribution in [2.45, 2.75) is 46.5 Å². The summed E-state index contributed by atoms with van der Waals surface area (Å²) < 4.78 is 11.1. The molecule has 0 fully saturated rings. The molecule has 0 aliphatic heterocycles. The van der Waals surface area contributed by atoms with Gasteiger partial charge in [-0.2, -0.15) is 0 Å². The van der Waals surface area contributed by atoms with Gasteiger partial charge in [-0.3, -0.25) is 4.79 Å². The Morgan fingerprint density at radius 3 is 2.68 bits per heavy atom. The summed E-state index contributed by atoms with van der Waals surface area (Å²) in [4.78, 5) is 11.6. The van der Waals surface area contributed by atoms with Crippen molar-refractivity contribution in [3.05, 3.63) is 23.8 Å². The first-order valence-electron chi connectivity index (χ1n) is 8.13. The number of amides is 1. The number of nitrogens with one attached hydrogen (secondary N) is 1. The van der Waals surface area contributed by atoms with Gasteiger partial charge in [-0.15, -0.1) is 0 Å². The molecule has 0 aliphatic rings. The van der Waals surface area contributed by atoms with Crippen LogP contribution >= 0.6 is 0 Å². The van der Waals surface area contributed by atoms with E-state index in [0.717, 1.165) is 36.3 Å². The summed E-state index contributed by atoms with van der Waals surface area (Å²) in [6.45, 7) is 7.57. The van der Waals surface area contributed by atoms with E-state index in [1.807, 2.05) is 32.0 Å². The highest BCUT2D eigenvalue weighted by atomic mass is 16.5. The quantitative estimate of drug-likeness (QED) is 0.672. The van der Waals surface area contributed by atoms with Gasteiger partial charge in [0.25, 0.3) is 0 Å². The summed E-state index contributed by atoms with van der Waals surface area (Å²) in [5.41, 5.74) is 1.13. The van der Waals surface area contributed by atoms with E-state index in [1.54, 1.807) is 7.11 Å². The number of unbranched alkanes of at least 4 members (excludes halogenated alkanes) is 1. The van der Waals surface area contributed by atoms with Gasteiger partial charge >= 0.3 is 0 Å². The molecular formula is C18H29NO3. The third kappa shape index (κ3) is 6.83. The van der Waals surface area contributed by atoms with Crippen LogP contribution in [0.3, 0.4) is 0 Å². The predicted octanol–water partition coefficient (Wildman–Crippen LogP) is 3.58. The molecule has 1 N–H and O–H groups in total. The van der Waals surface area contributed by atoms with E-state index in [2.05, 4.69) is 12.2 Å². The minimum Gasteiger partial charge on any atom is -0.493 e. The number of rotatable bonds is 10. The first-order valence-corrected chi connectivity index (χ1v) is 8.13. The van der Waals surface area contributed by atoms with E-state index in [1.165, 1.54) is 0 Å². The van der Waals surface area contributed by atoms with Gasteiger partial charge in [-0.1, -0.05) is 33.3 Å². The molecule has 1 amide bonds. The van der Waals surface area contributed by atoms with Crippen LogP contribution in [0.5, 0.6) is 11.5 Å². The van der Waals surface area contributed by atoms with Crippen LogP contribution < -0.4 is 14.8 Å². The van der Waals surface area contributed by atoms with Crippen LogP contribution in [0.1, 0.15) is 45.6 Å². The maximum atomic E-state index is 11.6. The van der Waals surface area contributed by atoms with E-state index < -0.39 is 0 Å². The lowest BCUT2D eigenvalue weighted by molar-refractivity contribution is -0.121. The summed E-state index contributed by atoms with van der Waals surface area (Å²) in [6.07, 6.45) is 3.51. The maximum Gasteiger partial charge on any atom is 0.220 e. The van der Waals surface area contributed by atoms with Gasteiger partial charge in [0.15, 0.2) is 11.5 Å². The highest BCUT2D eigenvalue weighted by molar-refractivity contribution is 5.76. The number of benzene rings is 1. The Morgan fingerprint density at radius 1 is 1.27 bits per heavy atom. The van der Waals surface area contributed by atoms with Crippen molar-refractivity contribution in [2.75, 3.05) is 20.3 Å². The fourth-order valence-corrected chi connectivity index (χ4v) is 2.10. The second-order valence-corrected chi connectivity index (χ2v) is 5.89. The Kier molecular flexibility index (Phi) is 8.41. The molecular weight excluding hydrogens is 278 g/mol. The highest BCUT2D eigenvalue weighted by Crippen LogP contribution is 2.28. The zero-order valence-corrected chi connectivity index (χ0v) is 14.3. The van der Waals surface area contributed by atoms with Gasteiger partial charge in [0.05, 0.1) is 13.7 Å². The molecule has 0 bridgehead atoms. The van der Waals surface area contributed by atoms with Gasteiger partial charge in [-0.05, 0) is 36.5 Å². The third-order valence-electron chi connectivity index (χ3n) is 3.31. The fraction of sp³-hybridized carbons (Fsp3) is 0.611. The summed E-state index contributed by atoms with van der Waals surface area (Å²) in [5.74, 6) is 2.03. The van der Waals surface area contributed by atoms with Gasteiger partial charge in [0.2, 0.25) is 5.91 Å². The van der Waals surface area contributed by atoms with E-state index in [9.17, 15) is 4.79 Å². The minimum absolute atomic E-state index is 0.112. The van der Waals surface area contributed by atoms with Crippen molar-refractivity contribution >= 4 is 5.91 Å². The highest BCUT2D eigenvalue weighted by Gasteiger charge is 2.07. The molecule has 0 heterocycles. The molecule has 0 saturated carbocycles. The monoisotopic (exact) mass is 307 g/mol. The SMILES string of the molecule is CCCCOc1ccc(CCNC(=O)CC(C)C)cc1OC. The predicted molar refractivity (Wildman–Crippen MR) is 89.6 cm³/mol. The van der Waals surface area contributed by atoms with Crippen molar-refractivity contribution in [3.63, 3.8) is 0 Å². The average molecular weight is 307 g/mol. The van der Waals surface area contributed by atoms with E-state index in [0.29, 0.717) is 25.5 Å². The van der Waals surface area contributed by atoms with Crippen LogP contribution in [0.15, 0.2) is 18.2 Å². The molecule has 1 rings (SSSR count). The number of carbonyl (C=O) groups is 1. The lowest BCUT2D eigenvalue weighted by atomic mass is 10.1. The number of carbonyl (C=O) groups excluding carboxylic acids is 1. The Hall–Kier alpha value is -1.71. The van der Waals surface area contributed by atoms with Gasteiger partial charge in [0, 0.05) is 13.0 Å². The van der Waals surface area contributed by atoms with Crippen molar-refractivity contribution in [1.82, 2.24) is 5.32 Å². The zero-order chi connectivity index (χ0) is 16.4. The van der Waals surface area contributed by atoms with E-state index in [4.69, 9.17) is 9.47 Å². The summed E-state index contributed by atoms with van der Waals surface area (Å²) in [7, 11) is 1.65. The van der Waals surface area contributed by atoms with E-state index >= 15 is 0 Å². The first kappa shape index (κ1) is 18.3.